The van der Waals surface area contributed by atoms with Crippen molar-refractivity contribution in [2.24, 2.45) is 5.41 Å². The van der Waals surface area contributed by atoms with E-state index in [1.54, 1.807) is 13.0 Å². The van der Waals surface area contributed by atoms with Crippen LogP contribution in [0.1, 0.15) is 25.5 Å². The van der Waals surface area contributed by atoms with Gasteiger partial charge in [-0.05, 0) is 31.9 Å². The van der Waals surface area contributed by atoms with Crippen molar-refractivity contribution in [3.8, 4) is 6.07 Å². The maximum atomic E-state index is 12.5. The van der Waals surface area contributed by atoms with Gasteiger partial charge in [-0.25, -0.2) is 13.4 Å². The molecule has 0 radical (unpaired) electrons. The smallest absolute Gasteiger partial charge is 0.309 e. The summed E-state index contributed by atoms with van der Waals surface area (Å²) in [5.41, 5.74) is -1.05. The molecule has 0 atom stereocenters. The minimum atomic E-state index is -3.83. The van der Waals surface area contributed by atoms with E-state index in [0.717, 1.165) is 0 Å². The van der Waals surface area contributed by atoms with Gasteiger partial charge in [0, 0.05) is 19.3 Å². The molecule has 1 aromatic heterocycles. The van der Waals surface area contributed by atoms with Crippen molar-refractivity contribution in [2.45, 2.75) is 24.7 Å². The number of aliphatic carboxylic acids is 1. The number of rotatable bonds is 3. The van der Waals surface area contributed by atoms with Gasteiger partial charge < -0.3 is 5.11 Å². The second-order valence-electron chi connectivity index (χ2n) is 5.23. The van der Waals surface area contributed by atoms with Crippen molar-refractivity contribution >= 4 is 16.0 Å². The molecule has 0 unspecified atom stereocenters. The van der Waals surface area contributed by atoms with Gasteiger partial charge in [-0.15, -0.1) is 0 Å². The lowest BCUT2D eigenvalue weighted by Crippen LogP contribution is -2.45. The predicted molar refractivity (Wildman–Crippen MR) is 72.7 cm³/mol. The lowest BCUT2D eigenvalue weighted by molar-refractivity contribution is -0.150. The highest BCUT2D eigenvalue weighted by atomic mass is 32.2. The molecule has 8 heteroatoms. The number of sulfonamides is 1. The van der Waals surface area contributed by atoms with Crippen LogP contribution >= 0.6 is 0 Å². The van der Waals surface area contributed by atoms with Crippen LogP contribution in [-0.4, -0.2) is 41.9 Å². The van der Waals surface area contributed by atoms with Gasteiger partial charge in [0.05, 0.1) is 5.41 Å². The Hall–Kier alpha value is -1.98. The Morgan fingerprint density at radius 1 is 1.48 bits per heavy atom. The van der Waals surface area contributed by atoms with Crippen molar-refractivity contribution in [1.82, 2.24) is 9.29 Å². The van der Waals surface area contributed by atoms with E-state index in [9.17, 15) is 13.2 Å². The van der Waals surface area contributed by atoms with E-state index in [2.05, 4.69) is 4.98 Å². The molecule has 1 saturated heterocycles. The molecule has 21 heavy (non-hydrogen) atoms. The lowest BCUT2D eigenvalue weighted by Gasteiger charge is -2.35. The number of carbonyl (C=O) groups is 1. The van der Waals surface area contributed by atoms with Crippen LogP contribution in [0.5, 0.6) is 0 Å². The Bertz CT molecular complexity index is 700. The largest absolute Gasteiger partial charge is 0.481 e. The molecule has 1 N–H and O–H groups in total. The highest BCUT2D eigenvalue weighted by Gasteiger charge is 2.40. The number of nitriles is 1. The molecule has 0 aliphatic carbocycles. The fourth-order valence-electron chi connectivity index (χ4n) is 2.26. The van der Waals surface area contributed by atoms with E-state index in [-0.39, 0.29) is 36.5 Å². The maximum Gasteiger partial charge on any atom is 0.309 e. The summed E-state index contributed by atoms with van der Waals surface area (Å²) >= 11 is 0. The summed E-state index contributed by atoms with van der Waals surface area (Å²) in [6.07, 6.45) is 1.84. The number of carboxylic acids is 1. The molecular weight excluding hydrogens is 294 g/mol. The van der Waals surface area contributed by atoms with Crippen LogP contribution in [0.3, 0.4) is 0 Å². The van der Waals surface area contributed by atoms with Crippen LogP contribution in [0.2, 0.25) is 0 Å². The van der Waals surface area contributed by atoms with E-state index in [1.807, 2.05) is 0 Å². The number of nitrogens with zero attached hydrogens (tertiary/aromatic N) is 3. The fourth-order valence-corrected chi connectivity index (χ4v) is 3.79. The van der Waals surface area contributed by atoms with Gasteiger partial charge in [-0.1, -0.05) is 0 Å². The summed E-state index contributed by atoms with van der Waals surface area (Å²) in [6.45, 7) is 1.85. The number of hydrogen-bond acceptors (Lipinski definition) is 5. The van der Waals surface area contributed by atoms with Crippen molar-refractivity contribution < 1.29 is 18.3 Å². The summed E-state index contributed by atoms with van der Waals surface area (Å²) in [6, 6.07) is 4.56. The zero-order chi connectivity index (χ0) is 15.7. The molecule has 7 nitrogen and oxygen atoms in total. The van der Waals surface area contributed by atoms with Gasteiger partial charge >= 0.3 is 5.97 Å². The zero-order valence-electron chi connectivity index (χ0n) is 11.5. The molecule has 0 spiro atoms. The topological polar surface area (TPSA) is 111 Å². The highest BCUT2D eigenvalue weighted by Crippen LogP contribution is 2.33. The van der Waals surface area contributed by atoms with Crippen LogP contribution in [0, 0.1) is 16.7 Å². The second-order valence-corrected chi connectivity index (χ2v) is 7.14. The summed E-state index contributed by atoms with van der Waals surface area (Å²) in [5, 5.41) is 18.1. The SMILES string of the molecule is CC1(C(=O)O)CCN(S(=O)(=O)c2cccnc2C#N)CC1. The third kappa shape index (κ3) is 2.75. The van der Waals surface area contributed by atoms with Gasteiger partial charge in [0.15, 0.2) is 5.69 Å². The van der Waals surface area contributed by atoms with Gasteiger partial charge in [-0.3, -0.25) is 4.79 Å². The first kappa shape index (κ1) is 15.4. The maximum absolute atomic E-state index is 12.5. The average molecular weight is 309 g/mol. The Morgan fingerprint density at radius 2 is 2.10 bits per heavy atom. The first-order valence-electron chi connectivity index (χ1n) is 6.40. The van der Waals surface area contributed by atoms with Gasteiger partial charge in [0.2, 0.25) is 10.0 Å². The van der Waals surface area contributed by atoms with E-state index in [1.165, 1.54) is 22.6 Å². The zero-order valence-corrected chi connectivity index (χ0v) is 12.3. The Kier molecular flexibility index (Phi) is 3.98. The molecule has 2 rings (SSSR count). The average Bonchev–Trinajstić information content (AvgIpc) is 2.47. The highest BCUT2D eigenvalue weighted by molar-refractivity contribution is 7.89. The lowest BCUT2D eigenvalue weighted by atomic mass is 9.81. The van der Waals surface area contributed by atoms with Crippen LogP contribution in [-0.2, 0) is 14.8 Å². The predicted octanol–water partition coefficient (Wildman–Crippen LogP) is 0.829. The molecule has 1 aromatic rings. The summed E-state index contributed by atoms with van der Waals surface area (Å²) < 4.78 is 26.3. The second kappa shape index (κ2) is 5.42. The summed E-state index contributed by atoms with van der Waals surface area (Å²) in [5.74, 6) is -0.918. The number of piperidine rings is 1. The first-order chi connectivity index (χ1) is 9.81. The Balaban J connectivity index is 2.28. The standard InChI is InChI=1S/C13H15N3O4S/c1-13(12(17)18)4-7-16(8-5-13)21(19,20)11-3-2-6-15-10(11)9-14/h2-3,6H,4-5,7-8H2,1H3,(H,17,18). The van der Waals surface area contributed by atoms with Crippen LogP contribution < -0.4 is 0 Å². The van der Waals surface area contributed by atoms with E-state index < -0.39 is 21.4 Å². The normalized spacial score (nSPS) is 18.9. The van der Waals surface area contributed by atoms with Crippen molar-refractivity contribution in [3.63, 3.8) is 0 Å². The third-order valence-corrected chi connectivity index (χ3v) is 5.77. The molecule has 0 saturated carbocycles. The molecule has 0 amide bonds. The number of hydrogen-bond donors (Lipinski definition) is 1. The number of pyridine rings is 1. The van der Waals surface area contributed by atoms with Crippen LogP contribution in [0.4, 0.5) is 0 Å². The molecule has 1 aliphatic heterocycles. The van der Waals surface area contributed by atoms with Gasteiger partial charge in [-0.2, -0.15) is 9.57 Å². The van der Waals surface area contributed by atoms with Crippen molar-refractivity contribution in [3.05, 3.63) is 24.0 Å². The van der Waals surface area contributed by atoms with Crippen molar-refractivity contribution in [1.29, 1.82) is 5.26 Å². The Morgan fingerprint density at radius 3 is 2.62 bits per heavy atom. The first-order valence-corrected chi connectivity index (χ1v) is 7.84. The molecule has 1 aliphatic rings. The molecule has 0 aromatic carbocycles. The molecule has 2 heterocycles. The number of aromatic nitrogens is 1. The Labute approximate surface area is 122 Å². The minimum Gasteiger partial charge on any atom is -0.481 e. The fraction of sp³-hybridized carbons (Fsp3) is 0.462. The summed E-state index contributed by atoms with van der Waals surface area (Å²) in [7, 11) is -3.83. The van der Waals surface area contributed by atoms with Crippen LogP contribution in [0.25, 0.3) is 0 Å². The third-order valence-electron chi connectivity index (χ3n) is 3.84. The molecular formula is C13H15N3O4S. The van der Waals surface area contributed by atoms with E-state index in [0.29, 0.717) is 0 Å². The minimum absolute atomic E-state index is 0.116. The monoisotopic (exact) mass is 309 g/mol. The molecule has 0 bridgehead atoms. The molecule has 1 fully saturated rings. The summed E-state index contributed by atoms with van der Waals surface area (Å²) in [4.78, 5) is 14.8. The molecule has 112 valence electrons. The quantitative estimate of drug-likeness (QED) is 0.885. The van der Waals surface area contributed by atoms with E-state index >= 15 is 0 Å². The number of carboxylic acid groups (broad SMARTS) is 1. The van der Waals surface area contributed by atoms with Crippen LogP contribution in [0.15, 0.2) is 23.2 Å². The van der Waals surface area contributed by atoms with Gasteiger partial charge in [0.1, 0.15) is 11.0 Å². The van der Waals surface area contributed by atoms with E-state index in [4.69, 9.17) is 10.4 Å². The van der Waals surface area contributed by atoms with Gasteiger partial charge in [0.25, 0.3) is 0 Å². The van der Waals surface area contributed by atoms with Crippen molar-refractivity contribution in [2.75, 3.05) is 13.1 Å².